The maximum absolute atomic E-state index is 11.8. The summed E-state index contributed by atoms with van der Waals surface area (Å²) in [5, 5.41) is 6.60. The van der Waals surface area contributed by atoms with Crippen molar-refractivity contribution in [2.24, 2.45) is 0 Å². The molecule has 5 nitrogen and oxygen atoms in total. The standard InChI is InChI=1S/C17H23N3O2/c1-17(2,3)20-16(22)11-19-15(21)9-8-12-10-18-14-7-5-4-6-13(12)14/h4-7,10,18H,8-9,11H2,1-3H3,(H,19,21)(H,20,22). The molecule has 5 heteroatoms. The van der Waals surface area contributed by atoms with Crippen molar-refractivity contribution in [3.8, 4) is 0 Å². The molecule has 0 bridgehead atoms. The lowest BCUT2D eigenvalue weighted by atomic mass is 10.1. The molecule has 0 spiro atoms. The lowest BCUT2D eigenvalue weighted by molar-refractivity contribution is -0.126. The number of H-pyrrole nitrogens is 1. The van der Waals surface area contributed by atoms with Crippen LogP contribution in [0.25, 0.3) is 10.9 Å². The number of fused-ring (bicyclic) bond motifs is 1. The average Bonchev–Trinajstić information content (AvgIpc) is 2.84. The van der Waals surface area contributed by atoms with Gasteiger partial charge in [-0.05, 0) is 38.8 Å². The maximum Gasteiger partial charge on any atom is 0.239 e. The second-order valence-corrected chi connectivity index (χ2v) is 6.43. The van der Waals surface area contributed by atoms with Crippen LogP contribution in [0.1, 0.15) is 32.8 Å². The molecule has 0 aliphatic heterocycles. The Balaban J connectivity index is 1.80. The van der Waals surface area contributed by atoms with Gasteiger partial charge in [0.15, 0.2) is 0 Å². The summed E-state index contributed by atoms with van der Waals surface area (Å²) in [4.78, 5) is 26.7. The molecule has 3 N–H and O–H groups in total. The molecule has 118 valence electrons. The van der Waals surface area contributed by atoms with Crippen molar-refractivity contribution in [2.75, 3.05) is 6.54 Å². The number of hydrogen-bond acceptors (Lipinski definition) is 2. The van der Waals surface area contributed by atoms with Crippen LogP contribution in [-0.2, 0) is 16.0 Å². The van der Waals surface area contributed by atoms with Gasteiger partial charge in [-0.2, -0.15) is 0 Å². The molecule has 1 aromatic heterocycles. The van der Waals surface area contributed by atoms with Gasteiger partial charge in [0.1, 0.15) is 0 Å². The van der Waals surface area contributed by atoms with Gasteiger partial charge in [-0.25, -0.2) is 0 Å². The predicted molar refractivity (Wildman–Crippen MR) is 87.5 cm³/mol. The van der Waals surface area contributed by atoms with Crippen molar-refractivity contribution < 1.29 is 9.59 Å². The van der Waals surface area contributed by atoms with E-state index in [-0.39, 0.29) is 23.9 Å². The highest BCUT2D eigenvalue weighted by atomic mass is 16.2. The number of rotatable bonds is 5. The van der Waals surface area contributed by atoms with Crippen LogP contribution in [0, 0.1) is 0 Å². The Morgan fingerprint density at radius 2 is 1.86 bits per heavy atom. The van der Waals surface area contributed by atoms with Crippen LogP contribution in [0.2, 0.25) is 0 Å². The highest BCUT2D eigenvalue weighted by molar-refractivity contribution is 5.86. The van der Waals surface area contributed by atoms with Gasteiger partial charge in [0.2, 0.25) is 11.8 Å². The highest BCUT2D eigenvalue weighted by Crippen LogP contribution is 2.18. The molecule has 2 aromatic rings. The van der Waals surface area contributed by atoms with Gasteiger partial charge in [-0.1, -0.05) is 18.2 Å². The minimum Gasteiger partial charge on any atom is -0.361 e. The number of aromatic amines is 1. The number of aromatic nitrogens is 1. The zero-order valence-corrected chi connectivity index (χ0v) is 13.3. The number of aryl methyl sites for hydroxylation is 1. The van der Waals surface area contributed by atoms with Gasteiger partial charge in [0.05, 0.1) is 6.54 Å². The van der Waals surface area contributed by atoms with E-state index in [9.17, 15) is 9.59 Å². The summed E-state index contributed by atoms with van der Waals surface area (Å²) in [6.07, 6.45) is 2.95. The Hall–Kier alpha value is -2.30. The lowest BCUT2D eigenvalue weighted by Crippen LogP contribution is -2.45. The molecular weight excluding hydrogens is 278 g/mol. The minimum atomic E-state index is -0.286. The van der Waals surface area contributed by atoms with Gasteiger partial charge in [-0.15, -0.1) is 0 Å². The van der Waals surface area contributed by atoms with E-state index in [1.54, 1.807) is 0 Å². The molecule has 1 heterocycles. The third-order valence-electron chi connectivity index (χ3n) is 3.26. The molecule has 0 unspecified atom stereocenters. The van der Waals surface area contributed by atoms with Crippen LogP contribution in [-0.4, -0.2) is 28.9 Å². The van der Waals surface area contributed by atoms with Crippen molar-refractivity contribution >= 4 is 22.7 Å². The summed E-state index contributed by atoms with van der Waals surface area (Å²) in [6, 6.07) is 8.01. The Bertz CT molecular complexity index is 668. The first-order valence-electron chi connectivity index (χ1n) is 7.48. The average molecular weight is 301 g/mol. The fourth-order valence-electron chi connectivity index (χ4n) is 2.32. The fourth-order valence-corrected chi connectivity index (χ4v) is 2.32. The first-order valence-corrected chi connectivity index (χ1v) is 7.48. The lowest BCUT2D eigenvalue weighted by Gasteiger charge is -2.20. The Morgan fingerprint density at radius 1 is 1.14 bits per heavy atom. The molecule has 0 atom stereocenters. The van der Waals surface area contributed by atoms with Crippen LogP contribution >= 0.6 is 0 Å². The second-order valence-electron chi connectivity index (χ2n) is 6.43. The largest absolute Gasteiger partial charge is 0.361 e. The summed E-state index contributed by atoms with van der Waals surface area (Å²) in [5.41, 5.74) is 1.90. The number of amides is 2. The predicted octanol–water partition coefficient (Wildman–Crippen LogP) is 2.13. The minimum absolute atomic E-state index is 0.0178. The molecule has 2 rings (SSSR count). The van der Waals surface area contributed by atoms with Crippen molar-refractivity contribution in [1.82, 2.24) is 15.6 Å². The van der Waals surface area contributed by atoms with E-state index in [1.807, 2.05) is 51.2 Å². The smallest absolute Gasteiger partial charge is 0.239 e. The number of carbonyl (C=O) groups excluding carboxylic acids is 2. The summed E-state index contributed by atoms with van der Waals surface area (Å²) in [7, 11) is 0. The van der Waals surface area contributed by atoms with E-state index in [0.29, 0.717) is 12.8 Å². The van der Waals surface area contributed by atoms with Gasteiger partial charge < -0.3 is 15.6 Å². The Morgan fingerprint density at radius 3 is 2.59 bits per heavy atom. The molecule has 22 heavy (non-hydrogen) atoms. The van der Waals surface area contributed by atoms with E-state index in [1.165, 1.54) is 0 Å². The molecule has 2 amide bonds. The van der Waals surface area contributed by atoms with Crippen molar-refractivity contribution in [1.29, 1.82) is 0 Å². The summed E-state index contributed by atoms with van der Waals surface area (Å²) in [6.45, 7) is 5.74. The maximum atomic E-state index is 11.8. The number of carbonyl (C=O) groups is 2. The molecule has 0 radical (unpaired) electrons. The summed E-state index contributed by atoms with van der Waals surface area (Å²) >= 11 is 0. The van der Waals surface area contributed by atoms with Crippen molar-refractivity contribution in [3.05, 3.63) is 36.0 Å². The number of nitrogens with one attached hydrogen (secondary N) is 3. The summed E-state index contributed by atoms with van der Waals surface area (Å²) in [5.74, 6) is -0.290. The zero-order chi connectivity index (χ0) is 16.2. The van der Waals surface area contributed by atoms with Gasteiger partial charge in [0, 0.05) is 29.1 Å². The molecule has 0 saturated heterocycles. The third kappa shape index (κ3) is 4.62. The normalized spacial score (nSPS) is 11.4. The van der Waals surface area contributed by atoms with Crippen LogP contribution in [0.15, 0.2) is 30.5 Å². The zero-order valence-electron chi connectivity index (χ0n) is 13.3. The van der Waals surface area contributed by atoms with Crippen LogP contribution < -0.4 is 10.6 Å². The van der Waals surface area contributed by atoms with E-state index in [2.05, 4.69) is 15.6 Å². The molecular formula is C17H23N3O2. The van der Waals surface area contributed by atoms with Gasteiger partial charge >= 0.3 is 0 Å². The Labute approximate surface area is 130 Å². The number of hydrogen-bond donors (Lipinski definition) is 3. The van der Waals surface area contributed by atoms with E-state index >= 15 is 0 Å². The van der Waals surface area contributed by atoms with Crippen molar-refractivity contribution in [2.45, 2.75) is 39.2 Å². The molecule has 0 saturated carbocycles. The second kappa shape index (κ2) is 6.64. The van der Waals surface area contributed by atoms with Crippen LogP contribution in [0.3, 0.4) is 0 Å². The van der Waals surface area contributed by atoms with Crippen LogP contribution in [0.5, 0.6) is 0 Å². The fraction of sp³-hybridized carbons (Fsp3) is 0.412. The van der Waals surface area contributed by atoms with E-state index in [4.69, 9.17) is 0 Å². The summed E-state index contributed by atoms with van der Waals surface area (Å²) < 4.78 is 0. The van der Waals surface area contributed by atoms with Crippen LogP contribution in [0.4, 0.5) is 0 Å². The molecule has 0 aliphatic rings. The van der Waals surface area contributed by atoms with Gasteiger partial charge in [0.25, 0.3) is 0 Å². The monoisotopic (exact) mass is 301 g/mol. The number of benzene rings is 1. The third-order valence-corrected chi connectivity index (χ3v) is 3.26. The topological polar surface area (TPSA) is 74.0 Å². The highest BCUT2D eigenvalue weighted by Gasteiger charge is 2.14. The molecule has 1 aromatic carbocycles. The van der Waals surface area contributed by atoms with Crippen molar-refractivity contribution in [3.63, 3.8) is 0 Å². The number of para-hydroxylation sites is 1. The van der Waals surface area contributed by atoms with Gasteiger partial charge in [-0.3, -0.25) is 9.59 Å². The van der Waals surface area contributed by atoms with E-state index in [0.717, 1.165) is 16.5 Å². The van der Waals surface area contributed by atoms with E-state index < -0.39 is 0 Å². The first kappa shape index (κ1) is 16.1. The molecule has 0 fully saturated rings. The molecule has 0 aliphatic carbocycles. The quantitative estimate of drug-likeness (QED) is 0.791. The first-order chi connectivity index (χ1) is 10.3. The SMILES string of the molecule is CC(C)(C)NC(=O)CNC(=O)CCc1c[nH]c2ccccc12. The Kier molecular flexibility index (Phi) is 4.85.